The minimum atomic E-state index is -0.220. The Morgan fingerprint density at radius 1 is 0.943 bits per heavy atom. The lowest BCUT2D eigenvalue weighted by Crippen LogP contribution is -2.43. The third kappa shape index (κ3) is 7.67. The number of esters is 1. The minimum absolute atomic E-state index is 0.0394. The van der Waals surface area contributed by atoms with E-state index >= 15 is 0 Å². The summed E-state index contributed by atoms with van der Waals surface area (Å²) in [6, 6.07) is 20.0. The number of carbonyl (C=O) groups excluding carboxylic acids is 3. The van der Waals surface area contributed by atoms with Crippen molar-refractivity contribution in [3.63, 3.8) is 0 Å². The Morgan fingerprint density at radius 2 is 1.57 bits per heavy atom. The van der Waals surface area contributed by atoms with Crippen molar-refractivity contribution in [3.8, 4) is 0 Å². The van der Waals surface area contributed by atoms with Crippen molar-refractivity contribution >= 4 is 17.8 Å². The quantitative estimate of drug-likeness (QED) is 0.448. The zero-order chi connectivity index (χ0) is 25.0. The molecule has 2 aromatic carbocycles. The fourth-order valence-corrected chi connectivity index (χ4v) is 4.71. The summed E-state index contributed by atoms with van der Waals surface area (Å²) in [5.41, 5.74) is 2.18. The maximum Gasteiger partial charge on any atom is 0.309 e. The Bertz CT molecular complexity index is 940. The van der Waals surface area contributed by atoms with Gasteiger partial charge < -0.3 is 14.5 Å². The van der Waals surface area contributed by atoms with Crippen LogP contribution in [0.4, 0.5) is 0 Å². The summed E-state index contributed by atoms with van der Waals surface area (Å²) in [7, 11) is 0. The molecule has 35 heavy (non-hydrogen) atoms. The molecule has 2 aromatic rings. The fraction of sp³-hybridized carbons (Fsp3) is 0.483. The summed E-state index contributed by atoms with van der Waals surface area (Å²) in [4.78, 5) is 42.3. The van der Waals surface area contributed by atoms with E-state index in [1.165, 1.54) is 5.56 Å². The Morgan fingerprint density at radius 3 is 2.17 bits per heavy atom. The molecule has 1 aliphatic rings. The van der Waals surface area contributed by atoms with Gasteiger partial charge in [0.2, 0.25) is 11.8 Å². The zero-order valence-electron chi connectivity index (χ0n) is 21.0. The van der Waals surface area contributed by atoms with Crippen LogP contribution in [0.3, 0.4) is 0 Å². The smallest absolute Gasteiger partial charge is 0.309 e. The van der Waals surface area contributed by atoms with Gasteiger partial charge in [0.05, 0.1) is 18.4 Å². The molecule has 0 spiro atoms. The zero-order valence-corrected chi connectivity index (χ0v) is 21.0. The second-order valence-corrected chi connectivity index (χ2v) is 9.09. The van der Waals surface area contributed by atoms with Gasteiger partial charge in [-0.25, -0.2) is 0 Å². The summed E-state index contributed by atoms with van der Waals surface area (Å²) in [6.07, 6.45) is 3.01. The van der Waals surface area contributed by atoms with Crippen LogP contribution in [-0.4, -0.2) is 60.4 Å². The van der Waals surface area contributed by atoms with Crippen molar-refractivity contribution in [1.29, 1.82) is 0 Å². The van der Waals surface area contributed by atoms with Crippen LogP contribution >= 0.6 is 0 Å². The summed E-state index contributed by atoms with van der Waals surface area (Å²) in [5, 5.41) is 0. The van der Waals surface area contributed by atoms with Crippen LogP contribution < -0.4 is 0 Å². The molecule has 0 saturated carbocycles. The van der Waals surface area contributed by atoms with Crippen molar-refractivity contribution in [2.24, 2.45) is 5.92 Å². The lowest BCUT2D eigenvalue weighted by atomic mass is 9.94. The van der Waals surface area contributed by atoms with Gasteiger partial charge in [-0.3, -0.25) is 14.4 Å². The van der Waals surface area contributed by atoms with Crippen LogP contribution in [0.15, 0.2) is 60.7 Å². The molecule has 1 fully saturated rings. The van der Waals surface area contributed by atoms with Gasteiger partial charge >= 0.3 is 5.97 Å². The molecular weight excluding hydrogens is 440 g/mol. The Balaban J connectivity index is 1.62. The molecule has 0 bridgehead atoms. The lowest BCUT2D eigenvalue weighted by Gasteiger charge is -2.32. The van der Waals surface area contributed by atoms with Gasteiger partial charge in [0.1, 0.15) is 0 Å². The Labute approximate surface area is 209 Å². The highest BCUT2D eigenvalue weighted by atomic mass is 16.5. The van der Waals surface area contributed by atoms with E-state index in [2.05, 4.69) is 12.1 Å². The number of amides is 2. The van der Waals surface area contributed by atoms with E-state index in [0.29, 0.717) is 52.0 Å². The third-order valence-electron chi connectivity index (χ3n) is 6.80. The number of hydrogen-bond donors (Lipinski definition) is 0. The third-order valence-corrected chi connectivity index (χ3v) is 6.80. The van der Waals surface area contributed by atoms with E-state index in [0.717, 1.165) is 12.0 Å². The van der Waals surface area contributed by atoms with Crippen LogP contribution in [0, 0.1) is 5.92 Å². The maximum absolute atomic E-state index is 13.6. The fourth-order valence-electron chi connectivity index (χ4n) is 4.71. The average molecular weight is 479 g/mol. The number of carbonyl (C=O) groups is 3. The molecular formula is C29H38N2O4. The topological polar surface area (TPSA) is 66.9 Å². The van der Waals surface area contributed by atoms with Crippen LogP contribution in [0.1, 0.15) is 56.6 Å². The molecule has 0 radical (unpaired) electrons. The van der Waals surface area contributed by atoms with E-state index in [1.54, 1.807) is 0 Å². The van der Waals surface area contributed by atoms with Gasteiger partial charge in [-0.15, -0.1) is 0 Å². The highest BCUT2D eigenvalue weighted by Crippen LogP contribution is 2.23. The van der Waals surface area contributed by atoms with E-state index in [-0.39, 0.29) is 36.0 Å². The minimum Gasteiger partial charge on any atom is -0.466 e. The van der Waals surface area contributed by atoms with Crippen molar-refractivity contribution in [2.75, 3.05) is 32.8 Å². The summed E-state index contributed by atoms with van der Waals surface area (Å²) in [6.45, 7) is 6.30. The largest absolute Gasteiger partial charge is 0.466 e. The first-order chi connectivity index (χ1) is 17.0. The van der Waals surface area contributed by atoms with Crippen LogP contribution in [0.2, 0.25) is 0 Å². The van der Waals surface area contributed by atoms with Crippen LogP contribution in [0.5, 0.6) is 0 Å². The summed E-state index contributed by atoms with van der Waals surface area (Å²) < 4.78 is 5.13. The van der Waals surface area contributed by atoms with Crippen LogP contribution in [0.25, 0.3) is 0 Å². The molecule has 1 heterocycles. The second kappa shape index (κ2) is 13.7. The van der Waals surface area contributed by atoms with E-state index < -0.39 is 0 Å². The SMILES string of the molecule is CCOC(=O)C1CCN(C(=O)CCN(CCc2ccccc2)C(=O)C(CC)c2ccccc2)CC1. The van der Waals surface area contributed by atoms with Crippen molar-refractivity contribution < 1.29 is 19.1 Å². The molecule has 0 aromatic heterocycles. The van der Waals surface area contributed by atoms with E-state index in [9.17, 15) is 14.4 Å². The normalized spacial score (nSPS) is 14.9. The first kappa shape index (κ1) is 26.5. The number of ether oxygens (including phenoxy) is 1. The summed E-state index contributed by atoms with van der Waals surface area (Å²) in [5.74, 6) is -0.397. The first-order valence-corrected chi connectivity index (χ1v) is 12.9. The van der Waals surface area contributed by atoms with Gasteiger partial charge in [0.15, 0.2) is 0 Å². The average Bonchev–Trinajstić information content (AvgIpc) is 2.90. The van der Waals surface area contributed by atoms with Gasteiger partial charge in [0.25, 0.3) is 0 Å². The molecule has 1 saturated heterocycles. The molecule has 188 valence electrons. The number of benzene rings is 2. The predicted molar refractivity (Wildman–Crippen MR) is 137 cm³/mol. The Kier molecular flexibility index (Phi) is 10.3. The van der Waals surface area contributed by atoms with Crippen molar-refractivity contribution in [3.05, 3.63) is 71.8 Å². The number of nitrogens with zero attached hydrogens (tertiary/aromatic N) is 2. The van der Waals surface area contributed by atoms with E-state index in [4.69, 9.17) is 4.74 Å². The summed E-state index contributed by atoms with van der Waals surface area (Å²) >= 11 is 0. The molecule has 3 rings (SSSR count). The molecule has 0 N–H and O–H groups in total. The highest BCUT2D eigenvalue weighted by molar-refractivity contribution is 5.84. The molecule has 2 amide bonds. The molecule has 6 heteroatoms. The van der Waals surface area contributed by atoms with Gasteiger partial charge in [-0.1, -0.05) is 67.6 Å². The molecule has 1 aliphatic heterocycles. The van der Waals surface area contributed by atoms with E-state index in [1.807, 2.05) is 72.2 Å². The van der Waals surface area contributed by atoms with Gasteiger partial charge in [-0.05, 0) is 43.7 Å². The monoisotopic (exact) mass is 478 g/mol. The maximum atomic E-state index is 13.6. The van der Waals surface area contributed by atoms with Crippen molar-refractivity contribution in [1.82, 2.24) is 9.80 Å². The molecule has 0 aliphatic carbocycles. The van der Waals surface area contributed by atoms with Gasteiger partial charge in [-0.2, -0.15) is 0 Å². The molecule has 1 atom stereocenters. The van der Waals surface area contributed by atoms with Crippen molar-refractivity contribution in [2.45, 2.75) is 51.9 Å². The number of hydrogen-bond acceptors (Lipinski definition) is 4. The van der Waals surface area contributed by atoms with Crippen LogP contribution in [-0.2, 0) is 25.5 Å². The number of likely N-dealkylation sites (tertiary alicyclic amines) is 1. The predicted octanol–water partition coefficient (Wildman–Crippen LogP) is 4.44. The van der Waals surface area contributed by atoms with Gasteiger partial charge in [0, 0.05) is 32.6 Å². The first-order valence-electron chi connectivity index (χ1n) is 12.9. The number of piperidine rings is 1. The standard InChI is InChI=1S/C29H38N2O4/c1-3-26(24-13-9-6-10-14-24)28(33)31(19-15-23-11-7-5-8-12-23)22-18-27(32)30-20-16-25(17-21-30)29(34)35-4-2/h5-14,25-26H,3-4,15-22H2,1-2H3. The highest BCUT2D eigenvalue weighted by Gasteiger charge is 2.29. The second-order valence-electron chi connectivity index (χ2n) is 9.09. The molecule has 6 nitrogen and oxygen atoms in total. The lowest BCUT2D eigenvalue weighted by molar-refractivity contribution is -0.151. The number of rotatable bonds is 11. The molecule has 1 unspecified atom stereocenters. The Hall–Kier alpha value is -3.15.